The zero-order chi connectivity index (χ0) is 29.5. The molecule has 2 atom stereocenters. The van der Waals surface area contributed by atoms with E-state index in [9.17, 15) is 9.59 Å². The van der Waals surface area contributed by atoms with E-state index in [1.54, 1.807) is 11.6 Å². The number of aliphatic imine (C=N–C) groups is 1. The summed E-state index contributed by atoms with van der Waals surface area (Å²) in [5, 5.41) is 2.90. The number of carbonyl (C=O) groups excluding carboxylic acids is 2. The monoisotopic (exact) mass is 562 g/mol. The second-order valence-electron chi connectivity index (χ2n) is 11.9. The predicted molar refractivity (Wildman–Crippen MR) is 164 cm³/mol. The number of amides is 2. The van der Waals surface area contributed by atoms with Crippen LogP contribution < -0.4 is 27.4 Å². The lowest BCUT2D eigenvalue weighted by Gasteiger charge is -2.42. The van der Waals surface area contributed by atoms with Crippen LogP contribution in [0.5, 0.6) is 0 Å². The molecule has 222 valence electrons. The molecular weight excluding hydrogens is 516 g/mol. The van der Waals surface area contributed by atoms with E-state index < -0.39 is 6.04 Å². The van der Waals surface area contributed by atoms with Crippen LogP contribution in [0.1, 0.15) is 83.1 Å². The Balaban J connectivity index is 1.34. The van der Waals surface area contributed by atoms with Crippen molar-refractivity contribution in [3.05, 3.63) is 46.3 Å². The molecule has 0 radical (unpaired) electrons. The molecule has 0 spiro atoms. The minimum atomic E-state index is -0.663. The van der Waals surface area contributed by atoms with E-state index in [0.717, 1.165) is 37.2 Å². The van der Waals surface area contributed by atoms with Gasteiger partial charge in [-0.3, -0.25) is 14.6 Å². The third-order valence-corrected chi connectivity index (χ3v) is 8.99. The number of nitrogens with two attached hydrogens (primary N) is 3. The summed E-state index contributed by atoms with van der Waals surface area (Å²) in [4.78, 5) is 38.5. The summed E-state index contributed by atoms with van der Waals surface area (Å²) < 4.78 is 0. The summed E-state index contributed by atoms with van der Waals surface area (Å²) in [5.74, 6) is -0.543. The molecule has 1 saturated heterocycles. The van der Waals surface area contributed by atoms with Gasteiger partial charge in [-0.05, 0) is 83.3 Å². The first-order valence-corrected chi connectivity index (χ1v) is 15.0. The van der Waals surface area contributed by atoms with E-state index in [-0.39, 0.29) is 29.7 Å². The van der Waals surface area contributed by atoms with Crippen LogP contribution in [0.3, 0.4) is 0 Å². The molecule has 2 amide bonds. The van der Waals surface area contributed by atoms with Gasteiger partial charge in [-0.1, -0.05) is 23.3 Å². The molecule has 4 rings (SSSR count). The van der Waals surface area contributed by atoms with Crippen molar-refractivity contribution in [3.8, 4) is 0 Å². The molecule has 0 aromatic heterocycles. The number of benzene rings is 1. The van der Waals surface area contributed by atoms with E-state index in [2.05, 4.69) is 33.9 Å². The van der Waals surface area contributed by atoms with Gasteiger partial charge in [-0.2, -0.15) is 0 Å². The summed E-state index contributed by atoms with van der Waals surface area (Å²) in [7, 11) is 0. The molecular formula is C31H46N8O2. The Hall–Kier alpha value is -3.42. The number of hydrogen-bond donors (Lipinski definition) is 4. The molecule has 2 heterocycles. The number of guanidine groups is 1. The molecule has 10 nitrogen and oxygen atoms in total. The van der Waals surface area contributed by atoms with Crippen LogP contribution in [0.2, 0.25) is 0 Å². The fourth-order valence-corrected chi connectivity index (χ4v) is 6.63. The first kappa shape index (κ1) is 30.5. The topological polar surface area (TPSA) is 147 Å². The molecule has 41 heavy (non-hydrogen) atoms. The van der Waals surface area contributed by atoms with E-state index >= 15 is 0 Å². The van der Waals surface area contributed by atoms with Crippen molar-refractivity contribution >= 4 is 29.1 Å². The first-order valence-electron chi connectivity index (χ1n) is 15.0. The second kappa shape index (κ2) is 14.0. The van der Waals surface area contributed by atoms with E-state index in [0.29, 0.717) is 44.1 Å². The quantitative estimate of drug-likeness (QED) is 0.113. The smallest absolute Gasteiger partial charge is 0.236 e. The lowest BCUT2D eigenvalue weighted by atomic mass is 9.86. The fourth-order valence-electron chi connectivity index (χ4n) is 6.63. The highest BCUT2D eigenvalue weighted by Gasteiger charge is 2.42. The highest BCUT2D eigenvalue weighted by atomic mass is 16.2. The average Bonchev–Trinajstić information content (AvgIpc) is 3.25. The number of anilines is 1. The minimum absolute atomic E-state index is 0.0213. The van der Waals surface area contributed by atoms with Gasteiger partial charge in [0.1, 0.15) is 0 Å². The second-order valence-corrected chi connectivity index (χ2v) is 11.9. The van der Waals surface area contributed by atoms with Gasteiger partial charge >= 0.3 is 0 Å². The molecule has 1 aromatic rings. The normalized spacial score (nSPS) is 22.1. The summed E-state index contributed by atoms with van der Waals surface area (Å²) in [6.45, 7) is 14.7. The van der Waals surface area contributed by atoms with E-state index in [4.69, 9.17) is 23.8 Å². The Kier molecular flexibility index (Phi) is 10.4. The Morgan fingerprint density at radius 3 is 2.49 bits per heavy atom. The number of fused-ring (bicyclic) bond motifs is 1. The Morgan fingerprint density at radius 2 is 1.85 bits per heavy atom. The Bertz CT molecular complexity index is 1190. The predicted octanol–water partition coefficient (Wildman–Crippen LogP) is 3.30. The molecule has 0 bridgehead atoms. The SMILES string of the molecule is [C-]#[N+]c1ccc2c(c1)C(CCNC(=O)[C@@H](N)CCCN=C(N)N)C(=O)N2C1CCN(C2CCC(=C(C)C)CC2)CC1. The van der Waals surface area contributed by atoms with Crippen molar-refractivity contribution < 1.29 is 9.59 Å². The number of nitrogens with zero attached hydrogens (tertiary/aromatic N) is 4. The van der Waals surface area contributed by atoms with Gasteiger partial charge in [0.05, 0.1) is 18.5 Å². The molecule has 1 saturated carbocycles. The van der Waals surface area contributed by atoms with Gasteiger partial charge in [0.15, 0.2) is 11.6 Å². The Labute approximate surface area is 244 Å². The number of piperidine rings is 1. The van der Waals surface area contributed by atoms with Crippen molar-refractivity contribution in [1.29, 1.82) is 0 Å². The average molecular weight is 563 g/mol. The van der Waals surface area contributed by atoms with Crippen molar-refractivity contribution in [3.63, 3.8) is 0 Å². The number of carbonyl (C=O) groups is 2. The third kappa shape index (κ3) is 7.46. The molecule has 1 aliphatic carbocycles. The van der Waals surface area contributed by atoms with Crippen molar-refractivity contribution in [1.82, 2.24) is 10.2 Å². The number of allylic oxidation sites excluding steroid dienone is 2. The van der Waals surface area contributed by atoms with Crippen LogP contribution in [-0.2, 0) is 9.59 Å². The number of likely N-dealkylation sites (tertiary alicyclic amines) is 1. The summed E-state index contributed by atoms with van der Waals surface area (Å²) in [6.07, 6.45) is 8.28. The number of nitrogens with one attached hydrogen (secondary N) is 1. The summed E-state index contributed by atoms with van der Waals surface area (Å²) in [5.41, 5.74) is 22.1. The molecule has 2 aliphatic heterocycles. The standard InChI is InChI=1S/C31H46N8O2/c1-20(2)21-6-9-23(10-7-21)38-17-13-24(14-18-38)39-28-11-8-22(35-3)19-26(28)25(30(39)41)12-16-36-29(40)27(32)5-4-15-37-31(33)34/h8,11,19,23-25,27H,4-7,9-10,12-18,32H2,1-2H3,(H,36,40)(H4,33,34,37)/t25?,27-/m0/s1. The van der Waals surface area contributed by atoms with Gasteiger partial charge in [0.2, 0.25) is 11.8 Å². The van der Waals surface area contributed by atoms with Crippen LogP contribution in [0, 0.1) is 6.57 Å². The highest BCUT2D eigenvalue weighted by molar-refractivity contribution is 6.06. The van der Waals surface area contributed by atoms with Gasteiger partial charge in [0, 0.05) is 44.0 Å². The molecule has 10 heteroatoms. The molecule has 1 aromatic carbocycles. The zero-order valence-electron chi connectivity index (χ0n) is 24.6. The van der Waals surface area contributed by atoms with Gasteiger partial charge < -0.3 is 32.3 Å². The lowest BCUT2D eigenvalue weighted by molar-refractivity contribution is -0.123. The number of hydrogen-bond acceptors (Lipinski definition) is 5. The maximum atomic E-state index is 13.8. The van der Waals surface area contributed by atoms with Crippen molar-refractivity contribution in [2.24, 2.45) is 22.2 Å². The third-order valence-electron chi connectivity index (χ3n) is 8.99. The Morgan fingerprint density at radius 1 is 1.15 bits per heavy atom. The minimum Gasteiger partial charge on any atom is -0.370 e. The number of rotatable bonds is 10. The van der Waals surface area contributed by atoms with E-state index in [1.165, 1.54) is 31.3 Å². The van der Waals surface area contributed by atoms with Crippen LogP contribution >= 0.6 is 0 Å². The molecule has 1 unspecified atom stereocenters. The van der Waals surface area contributed by atoms with Crippen molar-refractivity contribution in [2.75, 3.05) is 31.1 Å². The van der Waals surface area contributed by atoms with Crippen LogP contribution in [0.4, 0.5) is 11.4 Å². The van der Waals surface area contributed by atoms with Crippen molar-refractivity contribution in [2.45, 2.75) is 95.7 Å². The largest absolute Gasteiger partial charge is 0.370 e. The summed E-state index contributed by atoms with van der Waals surface area (Å²) >= 11 is 0. The van der Waals surface area contributed by atoms with Crippen LogP contribution in [0.15, 0.2) is 34.3 Å². The summed E-state index contributed by atoms with van der Waals surface area (Å²) in [6, 6.07) is 5.70. The lowest BCUT2D eigenvalue weighted by Crippen LogP contribution is -2.50. The van der Waals surface area contributed by atoms with Gasteiger partial charge in [0.25, 0.3) is 0 Å². The highest BCUT2D eigenvalue weighted by Crippen LogP contribution is 2.44. The maximum Gasteiger partial charge on any atom is 0.236 e. The molecule has 3 aliphatic rings. The maximum absolute atomic E-state index is 13.8. The first-order chi connectivity index (χ1) is 19.7. The molecule has 7 N–H and O–H groups in total. The zero-order valence-corrected chi connectivity index (χ0v) is 24.6. The fraction of sp³-hybridized carbons (Fsp3) is 0.613. The van der Waals surface area contributed by atoms with E-state index in [1.807, 2.05) is 17.0 Å². The van der Waals surface area contributed by atoms with Gasteiger partial charge in [-0.25, -0.2) is 4.85 Å². The molecule has 2 fully saturated rings. The van der Waals surface area contributed by atoms with Crippen LogP contribution in [-0.4, -0.2) is 67.0 Å². The van der Waals surface area contributed by atoms with Gasteiger partial charge in [-0.15, -0.1) is 0 Å². The van der Waals surface area contributed by atoms with Crippen LogP contribution in [0.25, 0.3) is 4.85 Å².